The summed E-state index contributed by atoms with van der Waals surface area (Å²) in [6, 6.07) is 0. The topological polar surface area (TPSA) is 43.4 Å². The second-order valence-electron chi connectivity index (χ2n) is 4.62. The van der Waals surface area contributed by atoms with Gasteiger partial charge in [0.2, 0.25) is 0 Å². The SMILES string of the molecule is O=S1(=O)CCC2(CCCC(CI)O2)CC1. The summed E-state index contributed by atoms with van der Waals surface area (Å²) in [5.74, 6) is 0.641. The number of rotatable bonds is 1. The smallest absolute Gasteiger partial charge is 0.150 e. The summed E-state index contributed by atoms with van der Waals surface area (Å²) in [4.78, 5) is 0. The highest BCUT2D eigenvalue weighted by atomic mass is 127. The van der Waals surface area contributed by atoms with Crippen LogP contribution < -0.4 is 0 Å². The average Bonchev–Trinajstić information content (AvgIpc) is 2.24. The lowest BCUT2D eigenvalue weighted by atomic mass is 9.87. The molecule has 2 fully saturated rings. The normalized spacial score (nSPS) is 34.1. The van der Waals surface area contributed by atoms with Crippen LogP contribution in [0.25, 0.3) is 0 Å². The molecule has 0 saturated carbocycles. The molecule has 0 aliphatic carbocycles. The van der Waals surface area contributed by atoms with E-state index in [0.717, 1.165) is 17.3 Å². The molecule has 0 N–H and O–H groups in total. The van der Waals surface area contributed by atoms with Gasteiger partial charge in [-0.15, -0.1) is 0 Å². The van der Waals surface area contributed by atoms with E-state index in [4.69, 9.17) is 4.74 Å². The molecule has 2 heterocycles. The molecule has 0 amide bonds. The van der Waals surface area contributed by atoms with E-state index in [1.54, 1.807) is 0 Å². The van der Waals surface area contributed by atoms with E-state index in [1.165, 1.54) is 6.42 Å². The van der Waals surface area contributed by atoms with Gasteiger partial charge < -0.3 is 4.74 Å². The highest BCUT2D eigenvalue weighted by Crippen LogP contribution is 2.38. The molecule has 1 spiro atoms. The first-order chi connectivity index (χ1) is 7.05. The zero-order valence-corrected chi connectivity index (χ0v) is 11.7. The molecule has 1 unspecified atom stereocenters. The maximum absolute atomic E-state index is 11.4. The Morgan fingerprint density at radius 2 is 1.93 bits per heavy atom. The molecule has 0 radical (unpaired) electrons. The molecule has 1 atom stereocenters. The fraction of sp³-hybridized carbons (Fsp3) is 1.00. The van der Waals surface area contributed by atoms with Gasteiger partial charge in [0, 0.05) is 4.43 Å². The molecule has 2 rings (SSSR count). The Labute approximate surface area is 105 Å². The third kappa shape index (κ3) is 2.85. The van der Waals surface area contributed by atoms with E-state index in [0.29, 0.717) is 30.5 Å². The van der Waals surface area contributed by atoms with Crippen LogP contribution in [0.1, 0.15) is 32.1 Å². The Kier molecular flexibility index (Phi) is 3.62. The molecule has 5 heteroatoms. The lowest BCUT2D eigenvalue weighted by Gasteiger charge is -2.43. The van der Waals surface area contributed by atoms with E-state index in [1.807, 2.05) is 0 Å². The van der Waals surface area contributed by atoms with Gasteiger partial charge in [0.05, 0.1) is 23.2 Å². The van der Waals surface area contributed by atoms with Gasteiger partial charge in [0.25, 0.3) is 0 Å². The molecule has 2 aliphatic heterocycles. The van der Waals surface area contributed by atoms with Crippen LogP contribution >= 0.6 is 22.6 Å². The number of alkyl halides is 1. The zero-order valence-electron chi connectivity index (χ0n) is 8.75. The average molecular weight is 344 g/mol. The van der Waals surface area contributed by atoms with Crippen molar-refractivity contribution >= 4 is 32.4 Å². The Hall–Kier alpha value is 0.640. The fourth-order valence-corrected chi connectivity index (χ4v) is 4.70. The minimum atomic E-state index is -2.76. The molecule has 0 aromatic heterocycles. The van der Waals surface area contributed by atoms with Crippen LogP contribution in [0.5, 0.6) is 0 Å². The summed E-state index contributed by atoms with van der Waals surface area (Å²) >= 11 is 2.35. The van der Waals surface area contributed by atoms with Crippen molar-refractivity contribution in [1.29, 1.82) is 0 Å². The predicted molar refractivity (Wildman–Crippen MR) is 68.2 cm³/mol. The van der Waals surface area contributed by atoms with Crippen LogP contribution in [0.15, 0.2) is 0 Å². The molecule has 0 bridgehead atoms. The largest absolute Gasteiger partial charge is 0.371 e. The van der Waals surface area contributed by atoms with Crippen LogP contribution in [0.2, 0.25) is 0 Å². The van der Waals surface area contributed by atoms with Crippen LogP contribution in [-0.4, -0.2) is 36.1 Å². The molecular weight excluding hydrogens is 327 g/mol. The number of hydrogen-bond donors (Lipinski definition) is 0. The van der Waals surface area contributed by atoms with Crippen molar-refractivity contribution in [2.75, 3.05) is 15.9 Å². The maximum Gasteiger partial charge on any atom is 0.150 e. The highest BCUT2D eigenvalue weighted by Gasteiger charge is 2.41. The second-order valence-corrected chi connectivity index (χ2v) is 7.81. The first-order valence-electron chi connectivity index (χ1n) is 5.49. The monoisotopic (exact) mass is 344 g/mol. The Bertz CT molecular complexity index is 312. The number of halogens is 1. The Morgan fingerprint density at radius 3 is 2.53 bits per heavy atom. The van der Waals surface area contributed by atoms with Crippen molar-refractivity contribution in [3.8, 4) is 0 Å². The maximum atomic E-state index is 11.4. The first kappa shape index (κ1) is 12.1. The summed E-state index contributed by atoms with van der Waals surface area (Å²) in [7, 11) is -2.76. The van der Waals surface area contributed by atoms with Crippen molar-refractivity contribution < 1.29 is 13.2 Å². The van der Waals surface area contributed by atoms with Crippen molar-refractivity contribution in [3.63, 3.8) is 0 Å². The van der Waals surface area contributed by atoms with Gasteiger partial charge in [-0.25, -0.2) is 8.42 Å². The summed E-state index contributed by atoms with van der Waals surface area (Å²) in [6.07, 6.45) is 5.14. The van der Waals surface area contributed by atoms with E-state index in [9.17, 15) is 8.42 Å². The van der Waals surface area contributed by atoms with Gasteiger partial charge in [-0.2, -0.15) is 0 Å². The van der Waals surface area contributed by atoms with Crippen LogP contribution in [0.3, 0.4) is 0 Å². The molecule has 3 nitrogen and oxygen atoms in total. The first-order valence-corrected chi connectivity index (χ1v) is 8.84. The van der Waals surface area contributed by atoms with Gasteiger partial charge in [-0.3, -0.25) is 0 Å². The van der Waals surface area contributed by atoms with Gasteiger partial charge >= 0.3 is 0 Å². The molecule has 2 saturated heterocycles. The van der Waals surface area contributed by atoms with E-state index in [-0.39, 0.29) is 5.60 Å². The second kappa shape index (κ2) is 4.49. The molecular formula is C10H17IO3S. The van der Waals surface area contributed by atoms with E-state index >= 15 is 0 Å². The third-order valence-electron chi connectivity index (χ3n) is 3.48. The summed E-state index contributed by atoms with van der Waals surface area (Å²) in [5.41, 5.74) is -0.0978. The lowest BCUT2D eigenvalue weighted by Crippen LogP contribution is -2.47. The van der Waals surface area contributed by atoms with E-state index in [2.05, 4.69) is 22.6 Å². The Balaban J connectivity index is 2.02. The third-order valence-corrected chi connectivity index (χ3v) is 6.12. The molecule has 15 heavy (non-hydrogen) atoms. The summed E-state index contributed by atoms with van der Waals surface area (Å²) in [6.45, 7) is 0. The summed E-state index contributed by atoms with van der Waals surface area (Å²) < 4.78 is 29.8. The lowest BCUT2D eigenvalue weighted by molar-refractivity contribution is -0.123. The highest BCUT2D eigenvalue weighted by molar-refractivity contribution is 14.1. The Morgan fingerprint density at radius 1 is 1.27 bits per heavy atom. The molecule has 88 valence electrons. The van der Waals surface area contributed by atoms with Crippen molar-refractivity contribution in [2.24, 2.45) is 0 Å². The van der Waals surface area contributed by atoms with Crippen molar-refractivity contribution in [3.05, 3.63) is 0 Å². The van der Waals surface area contributed by atoms with Crippen molar-refractivity contribution in [2.45, 2.75) is 43.8 Å². The summed E-state index contributed by atoms with van der Waals surface area (Å²) in [5, 5.41) is 0. The molecule has 0 aromatic rings. The minimum absolute atomic E-state index is 0.0978. The number of sulfone groups is 1. The van der Waals surface area contributed by atoms with Gasteiger partial charge in [0.1, 0.15) is 0 Å². The standard InChI is InChI=1S/C10H17IO3S/c11-8-9-2-1-3-10(14-9)4-6-15(12,13)7-5-10/h9H,1-8H2. The van der Waals surface area contributed by atoms with Gasteiger partial charge in [-0.05, 0) is 32.1 Å². The minimum Gasteiger partial charge on any atom is -0.371 e. The van der Waals surface area contributed by atoms with Gasteiger partial charge in [-0.1, -0.05) is 22.6 Å². The molecule has 2 aliphatic rings. The van der Waals surface area contributed by atoms with Crippen LogP contribution in [0.4, 0.5) is 0 Å². The number of ether oxygens (including phenoxy) is 1. The van der Waals surface area contributed by atoms with Crippen molar-refractivity contribution in [1.82, 2.24) is 0 Å². The molecule has 0 aromatic carbocycles. The van der Waals surface area contributed by atoms with Crippen LogP contribution in [-0.2, 0) is 14.6 Å². The number of hydrogen-bond acceptors (Lipinski definition) is 3. The quantitative estimate of drug-likeness (QED) is 0.539. The predicted octanol–water partition coefficient (Wildman–Crippen LogP) is 1.94. The van der Waals surface area contributed by atoms with Gasteiger partial charge in [0.15, 0.2) is 9.84 Å². The van der Waals surface area contributed by atoms with E-state index < -0.39 is 9.84 Å². The zero-order chi connectivity index (χ0) is 10.9. The van der Waals surface area contributed by atoms with Crippen LogP contribution in [0, 0.1) is 0 Å². The fourth-order valence-electron chi connectivity index (χ4n) is 2.51.